The lowest BCUT2D eigenvalue weighted by atomic mass is 9.45. The Morgan fingerprint density at radius 2 is 1.80 bits per heavy atom. The Kier molecular flexibility index (Phi) is 3.99. The normalized spacial score (nSPS) is 46.7. The maximum atomic E-state index is 12.4. The summed E-state index contributed by atoms with van der Waals surface area (Å²) in [7, 11) is 0. The number of hydrogen-bond donors (Lipinski definition) is 3. The number of carbonyl (C=O) groups is 1. The molecule has 3 N–H and O–H groups in total. The average Bonchev–Trinajstić information content (AvgIpc) is 2.89. The summed E-state index contributed by atoms with van der Waals surface area (Å²) in [5, 5.41) is 28.2. The SMILES string of the molecule is C[C@]12CCCCC1CC[C@@H]1[C@@H]2CC[C@]2(C)C(C(=O)C(O)(O)O)=CC[C@@H]12. The Morgan fingerprint density at radius 3 is 2.52 bits per heavy atom. The predicted molar refractivity (Wildman–Crippen MR) is 94.2 cm³/mol. The number of fused-ring (bicyclic) bond motifs is 5. The van der Waals surface area contributed by atoms with Crippen LogP contribution in [0.15, 0.2) is 11.6 Å². The second kappa shape index (κ2) is 5.64. The van der Waals surface area contributed by atoms with Crippen LogP contribution in [0, 0.1) is 34.5 Å². The fourth-order valence-corrected chi connectivity index (χ4v) is 7.40. The van der Waals surface area contributed by atoms with Crippen molar-refractivity contribution in [1.82, 2.24) is 0 Å². The van der Waals surface area contributed by atoms with Gasteiger partial charge in [0, 0.05) is 5.57 Å². The second-order valence-electron chi connectivity index (χ2n) is 9.68. The van der Waals surface area contributed by atoms with Gasteiger partial charge in [0.1, 0.15) is 0 Å². The summed E-state index contributed by atoms with van der Waals surface area (Å²) in [5.41, 5.74) is 0.568. The fourth-order valence-electron chi connectivity index (χ4n) is 7.40. The molecule has 0 aromatic heterocycles. The summed E-state index contributed by atoms with van der Waals surface area (Å²) in [4.78, 5) is 12.4. The van der Waals surface area contributed by atoms with Gasteiger partial charge >= 0.3 is 5.97 Å². The van der Waals surface area contributed by atoms with Crippen LogP contribution < -0.4 is 0 Å². The zero-order valence-corrected chi connectivity index (χ0v) is 15.5. The first-order chi connectivity index (χ1) is 11.7. The molecule has 0 bridgehead atoms. The fraction of sp³-hybridized carbons (Fsp3) is 0.857. The van der Waals surface area contributed by atoms with Gasteiger partial charge in [0.15, 0.2) is 0 Å². The first kappa shape index (κ1) is 17.7. The zero-order valence-electron chi connectivity index (χ0n) is 15.5. The van der Waals surface area contributed by atoms with Crippen molar-refractivity contribution in [2.75, 3.05) is 0 Å². The molecular weight excluding hydrogens is 316 g/mol. The highest BCUT2D eigenvalue weighted by atomic mass is 16.7. The number of Topliss-reactive ketones (excluding diaryl/α,β-unsaturated/α-hetero) is 1. The molecule has 0 spiro atoms. The van der Waals surface area contributed by atoms with Gasteiger partial charge in [0.05, 0.1) is 0 Å². The lowest BCUT2D eigenvalue weighted by molar-refractivity contribution is -0.285. The van der Waals surface area contributed by atoms with Gasteiger partial charge in [-0.25, -0.2) is 0 Å². The van der Waals surface area contributed by atoms with Gasteiger partial charge < -0.3 is 15.3 Å². The minimum absolute atomic E-state index is 0.324. The van der Waals surface area contributed by atoms with Crippen molar-refractivity contribution in [3.05, 3.63) is 11.6 Å². The Morgan fingerprint density at radius 1 is 1.04 bits per heavy atom. The Bertz CT molecular complexity index is 604. The first-order valence-corrected chi connectivity index (χ1v) is 10.1. The van der Waals surface area contributed by atoms with Gasteiger partial charge in [-0.15, -0.1) is 0 Å². The number of rotatable bonds is 2. The highest BCUT2D eigenvalue weighted by Crippen LogP contribution is 2.66. The first-order valence-electron chi connectivity index (χ1n) is 10.1. The lowest BCUT2D eigenvalue weighted by Crippen LogP contribution is -2.53. The third-order valence-corrected chi connectivity index (χ3v) is 8.71. The summed E-state index contributed by atoms with van der Waals surface area (Å²) in [6.07, 6.45) is 12.7. The van der Waals surface area contributed by atoms with Gasteiger partial charge in [-0.1, -0.05) is 32.8 Å². The number of carbonyl (C=O) groups excluding carboxylic acids is 1. The lowest BCUT2D eigenvalue weighted by Gasteiger charge is -2.60. The van der Waals surface area contributed by atoms with Gasteiger partial charge in [-0.05, 0) is 79.4 Å². The summed E-state index contributed by atoms with van der Waals surface area (Å²) in [6, 6.07) is 0. The maximum absolute atomic E-state index is 12.4. The van der Waals surface area contributed by atoms with Crippen LogP contribution in [0.1, 0.15) is 71.6 Å². The predicted octanol–water partition coefficient (Wildman–Crippen LogP) is 3.16. The second-order valence-corrected chi connectivity index (χ2v) is 9.68. The maximum Gasteiger partial charge on any atom is 0.343 e. The van der Waals surface area contributed by atoms with E-state index in [9.17, 15) is 20.1 Å². The molecule has 0 heterocycles. The highest BCUT2D eigenvalue weighted by Gasteiger charge is 2.59. The molecule has 25 heavy (non-hydrogen) atoms. The number of hydrogen-bond acceptors (Lipinski definition) is 4. The molecule has 4 aliphatic carbocycles. The highest BCUT2D eigenvalue weighted by molar-refractivity contribution is 6.01. The van der Waals surface area contributed by atoms with Crippen LogP contribution in [0.2, 0.25) is 0 Å². The van der Waals surface area contributed by atoms with E-state index in [1.165, 1.54) is 38.5 Å². The van der Waals surface area contributed by atoms with E-state index >= 15 is 0 Å². The molecule has 0 radical (unpaired) electrons. The molecule has 140 valence electrons. The standard InChI is InChI=1S/C21H32O4/c1-19-11-4-3-5-13(19)6-7-14-15-8-9-17(18(22)21(23,24)25)20(15,2)12-10-16(14)19/h9,13-16,23-25H,3-8,10-12H2,1-2H3/t13?,14-,15-,16-,19-,20-/m0/s1. The van der Waals surface area contributed by atoms with Gasteiger partial charge in [-0.2, -0.15) is 0 Å². The van der Waals surface area contributed by atoms with Crippen molar-refractivity contribution in [3.63, 3.8) is 0 Å². The largest absolute Gasteiger partial charge is 0.343 e. The molecular formula is C21H32O4. The summed E-state index contributed by atoms with van der Waals surface area (Å²) in [6.45, 7) is 4.62. The molecule has 4 rings (SSSR count). The Labute approximate surface area is 150 Å². The van der Waals surface area contributed by atoms with Gasteiger partial charge in [0.2, 0.25) is 5.78 Å². The minimum atomic E-state index is -3.24. The van der Waals surface area contributed by atoms with Crippen molar-refractivity contribution >= 4 is 5.78 Å². The molecule has 0 aromatic rings. The van der Waals surface area contributed by atoms with E-state index in [4.69, 9.17) is 0 Å². The van der Waals surface area contributed by atoms with Crippen molar-refractivity contribution in [2.45, 2.75) is 77.6 Å². The van der Waals surface area contributed by atoms with Crippen molar-refractivity contribution in [2.24, 2.45) is 34.5 Å². The Hall–Kier alpha value is -0.710. The Balaban J connectivity index is 1.62. The number of aliphatic hydroxyl groups is 3. The average molecular weight is 348 g/mol. The van der Waals surface area contributed by atoms with Crippen LogP contribution in [-0.4, -0.2) is 27.1 Å². The molecule has 0 aromatic carbocycles. The number of ketones is 1. The van der Waals surface area contributed by atoms with Crippen LogP contribution >= 0.6 is 0 Å². The van der Waals surface area contributed by atoms with Crippen LogP contribution in [0.3, 0.4) is 0 Å². The summed E-state index contributed by atoms with van der Waals surface area (Å²) in [5.74, 6) is -1.56. The molecule has 3 saturated carbocycles. The summed E-state index contributed by atoms with van der Waals surface area (Å²) >= 11 is 0. The van der Waals surface area contributed by atoms with Crippen LogP contribution in [0.5, 0.6) is 0 Å². The minimum Gasteiger partial charge on any atom is -0.337 e. The quantitative estimate of drug-likeness (QED) is 0.670. The van der Waals surface area contributed by atoms with E-state index in [2.05, 4.69) is 13.8 Å². The van der Waals surface area contributed by atoms with Gasteiger partial charge in [0.25, 0.3) is 0 Å². The molecule has 0 aliphatic heterocycles. The van der Waals surface area contributed by atoms with E-state index in [-0.39, 0.29) is 5.41 Å². The topological polar surface area (TPSA) is 77.8 Å². The molecule has 0 saturated heterocycles. The molecule has 1 unspecified atom stereocenters. The molecule has 4 heteroatoms. The molecule has 0 amide bonds. The third kappa shape index (κ3) is 2.48. The van der Waals surface area contributed by atoms with E-state index in [0.29, 0.717) is 22.8 Å². The zero-order chi connectivity index (χ0) is 18.0. The van der Waals surface area contributed by atoms with Crippen molar-refractivity contribution < 1.29 is 20.1 Å². The van der Waals surface area contributed by atoms with E-state index in [1.807, 2.05) is 6.08 Å². The third-order valence-electron chi connectivity index (χ3n) is 8.71. The number of allylic oxidation sites excluding steroid dienone is 1. The summed E-state index contributed by atoms with van der Waals surface area (Å²) < 4.78 is 0. The van der Waals surface area contributed by atoms with Crippen LogP contribution in [0.4, 0.5) is 0 Å². The molecule has 3 fully saturated rings. The molecule has 6 atom stereocenters. The van der Waals surface area contributed by atoms with Crippen molar-refractivity contribution in [1.29, 1.82) is 0 Å². The van der Waals surface area contributed by atoms with Crippen molar-refractivity contribution in [3.8, 4) is 0 Å². The molecule has 4 aliphatic rings. The van der Waals surface area contributed by atoms with E-state index in [1.54, 1.807) is 0 Å². The molecule has 4 nitrogen and oxygen atoms in total. The van der Waals surface area contributed by atoms with Gasteiger partial charge in [-0.3, -0.25) is 4.79 Å². The monoisotopic (exact) mass is 348 g/mol. The smallest absolute Gasteiger partial charge is 0.337 e. The van der Waals surface area contributed by atoms with Crippen LogP contribution in [0.25, 0.3) is 0 Å². The van der Waals surface area contributed by atoms with E-state index in [0.717, 1.165) is 31.1 Å². The van der Waals surface area contributed by atoms with Crippen LogP contribution in [-0.2, 0) is 4.79 Å². The van der Waals surface area contributed by atoms with E-state index < -0.39 is 11.8 Å².